The number of nitrogens with zero attached hydrogens (tertiary/aromatic N) is 3. The fourth-order valence-electron chi connectivity index (χ4n) is 3.51. The lowest BCUT2D eigenvalue weighted by atomic mass is 10.1. The Balaban J connectivity index is 1.59. The van der Waals surface area contributed by atoms with Crippen LogP contribution in [0.4, 0.5) is 24.5 Å². The zero-order valence-electron chi connectivity index (χ0n) is 19.2. The number of halogens is 3. The van der Waals surface area contributed by atoms with E-state index in [1.807, 2.05) is 13.8 Å². The van der Waals surface area contributed by atoms with Crippen LogP contribution < -0.4 is 15.0 Å². The minimum atomic E-state index is -4.67. The Kier molecular flexibility index (Phi) is 8.15. The molecule has 1 aliphatic rings. The number of nitro groups is 1. The maximum atomic E-state index is 13.0. The van der Waals surface area contributed by atoms with Crippen molar-refractivity contribution in [2.24, 2.45) is 0 Å². The van der Waals surface area contributed by atoms with E-state index in [1.54, 1.807) is 34.1 Å². The summed E-state index contributed by atoms with van der Waals surface area (Å²) in [6.07, 6.45) is -3.76. The van der Waals surface area contributed by atoms with Crippen LogP contribution in [0.2, 0.25) is 0 Å². The Morgan fingerprint density at radius 2 is 1.80 bits per heavy atom. The molecule has 0 radical (unpaired) electrons. The zero-order chi connectivity index (χ0) is 25.8. The maximum Gasteiger partial charge on any atom is 0.416 e. The van der Waals surface area contributed by atoms with Crippen molar-refractivity contribution in [1.29, 1.82) is 0 Å². The molecule has 1 atom stereocenters. The van der Waals surface area contributed by atoms with Crippen molar-refractivity contribution in [3.8, 4) is 5.75 Å². The summed E-state index contributed by atoms with van der Waals surface area (Å²) in [5.41, 5.74) is -1.17. The van der Waals surface area contributed by atoms with Crippen molar-refractivity contribution in [1.82, 2.24) is 10.2 Å². The van der Waals surface area contributed by atoms with Gasteiger partial charge in [-0.1, -0.05) is 6.92 Å². The van der Waals surface area contributed by atoms with Gasteiger partial charge in [-0.15, -0.1) is 0 Å². The van der Waals surface area contributed by atoms with Crippen molar-refractivity contribution in [3.63, 3.8) is 0 Å². The molecule has 3 rings (SSSR count). The summed E-state index contributed by atoms with van der Waals surface area (Å²) in [5.74, 6) is 0.276. The van der Waals surface area contributed by atoms with E-state index in [0.717, 1.165) is 18.6 Å². The van der Waals surface area contributed by atoms with E-state index in [-0.39, 0.29) is 35.9 Å². The Labute approximate surface area is 205 Å². The SMILES string of the molecule is CC[C@H](C)Oc1ccc(C(=O)NC(=S)N2CCN(c3ccc(C(F)(F)F)cc3[N+](=O)[O-])CC2)cc1. The average Bonchev–Trinajstić information content (AvgIpc) is 2.83. The molecule has 35 heavy (non-hydrogen) atoms. The fraction of sp³-hybridized carbons (Fsp3) is 0.391. The van der Waals surface area contributed by atoms with Crippen molar-refractivity contribution < 1.29 is 27.6 Å². The van der Waals surface area contributed by atoms with Gasteiger partial charge in [-0.3, -0.25) is 20.2 Å². The van der Waals surface area contributed by atoms with Crippen molar-refractivity contribution in [3.05, 3.63) is 63.7 Å². The van der Waals surface area contributed by atoms with Crippen LogP contribution >= 0.6 is 12.2 Å². The molecule has 1 saturated heterocycles. The van der Waals surface area contributed by atoms with Gasteiger partial charge in [-0.05, 0) is 62.0 Å². The summed E-state index contributed by atoms with van der Waals surface area (Å²) in [6.45, 7) is 5.19. The van der Waals surface area contributed by atoms with E-state index in [2.05, 4.69) is 5.32 Å². The van der Waals surface area contributed by atoms with Gasteiger partial charge in [0, 0.05) is 37.8 Å². The van der Waals surface area contributed by atoms with Gasteiger partial charge in [0.15, 0.2) is 5.11 Å². The van der Waals surface area contributed by atoms with E-state index < -0.39 is 22.4 Å². The number of thiocarbonyl (C=S) groups is 1. The molecular weight excluding hydrogens is 485 g/mol. The Bertz CT molecular complexity index is 1090. The third-order valence-electron chi connectivity index (χ3n) is 5.66. The minimum Gasteiger partial charge on any atom is -0.491 e. The number of nitrogens with one attached hydrogen (secondary N) is 1. The van der Waals surface area contributed by atoms with Crippen LogP contribution in [0.1, 0.15) is 36.2 Å². The lowest BCUT2D eigenvalue weighted by Gasteiger charge is -2.37. The van der Waals surface area contributed by atoms with Gasteiger partial charge in [0.2, 0.25) is 0 Å². The third kappa shape index (κ3) is 6.59. The summed E-state index contributed by atoms with van der Waals surface area (Å²) >= 11 is 5.35. The van der Waals surface area contributed by atoms with Crippen LogP contribution in [0.15, 0.2) is 42.5 Å². The lowest BCUT2D eigenvalue weighted by molar-refractivity contribution is -0.384. The number of ether oxygens (including phenoxy) is 1. The minimum absolute atomic E-state index is 0.0601. The Morgan fingerprint density at radius 3 is 2.34 bits per heavy atom. The second kappa shape index (κ2) is 10.9. The topological polar surface area (TPSA) is 88.0 Å². The molecule has 8 nitrogen and oxygen atoms in total. The molecule has 12 heteroatoms. The molecule has 0 bridgehead atoms. The number of benzene rings is 2. The van der Waals surface area contributed by atoms with E-state index in [1.165, 1.54) is 0 Å². The molecule has 188 valence electrons. The number of piperazine rings is 1. The molecule has 1 amide bonds. The van der Waals surface area contributed by atoms with E-state index in [9.17, 15) is 28.1 Å². The molecule has 1 heterocycles. The number of rotatable bonds is 6. The van der Waals surface area contributed by atoms with Crippen LogP contribution in [-0.4, -0.2) is 53.1 Å². The van der Waals surface area contributed by atoms with Gasteiger partial charge in [-0.2, -0.15) is 13.2 Å². The summed E-state index contributed by atoms with van der Waals surface area (Å²) in [5, 5.41) is 14.3. The number of nitro benzene ring substituents is 1. The predicted octanol–water partition coefficient (Wildman–Crippen LogP) is 4.63. The van der Waals surface area contributed by atoms with Gasteiger partial charge in [0.25, 0.3) is 11.6 Å². The van der Waals surface area contributed by atoms with Crippen LogP contribution in [0, 0.1) is 10.1 Å². The van der Waals surface area contributed by atoms with Crippen molar-refractivity contribution in [2.45, 2.75) is 32.5 Å². The molecule has 0 saturated carbocycles. The molecule has 0 spiro atoms. The van der Waals surface area contributed by atoms with E-state index in [4.69, 9.17) is 17.0 Å². The third-order valence-corrected chi connectivity index (χ3v) is 6.02. The second-order valence-electron chi connectivity index (χ2n) is 8.05. The molecule has 1 N–H and O–H groups in total. The number of alkyl halides is 3. The number of hydrogen-bond donors (Lipinski definition) is 1. The monoisotopic (exact) mass is 510 g/mol. The van der Waals surface area contributed by atoms with Crippen LogP contribution in [-0.2, 0) is 6.18 Å². The highest BCUT2D eigenvalue weighted by atomic mass is 32.1. The fourth-order valence-corrected chi connectivity index (χ4v) is 3.79. The van der Waals surface area contributed by atoms with Gasteiger partial charge < -0.3 is 14.5 Å². The first-order valence-corrected chi connectivity index (χ1v) is 11.4. The lowest BCUT2D eigenvalue weighted by Crippen LogP contribution is -2.52. The quantitative estimate of drug-likeness (QED) is 0.345. The van der Waals surface area contributed by atoms with Gasteiger partial charge >= 0.3 is 6.18 Å². The number of carbonyl (C=O) groups excluding carboxylic acids is 1. The smallest absolute Gasteiger partial charge is 0.416 e. The first kappa shape index (κ1) is 26.2. The van der Waals surface area contributed by atoms with Gasteiger partial charge in [-0.25, -0.2) is 0 Å². The molecule has 0 aliphatic carbocycles. The number of amides is 1. The van der Waals surface area contributed by atoms with Crippen molar-refractivity contribution in [2.75, 3.05) is 31.1 Å². The Morgan fingerprint density at radius 1 is 1.17 bits per heavy atom. The largest absolute Gasteiger partial charge is 0.491 e. The highest BCUT2D eigenvalue weighted by Crippen LogP contribution is 2.36. The summed E-state index contributed by atoms with van der Waals surface area (Å²) in [4.78, 5) is 26.5. The average molecular weight is 511 g/mol. The summed E-state index contributed by atoms with van der Waals surface area (Å²) in [7, 11) is 0. The summed E-state index contributed by atoms with van der Waals surface area (Å²) < 4.78 is 44.6. The summed E-state index contributed by atoms with van der Waals surface area (Å²) in [6, 6.07) is 9.18. The molecule has 2 aromatic carbocycles. The first-order valence-electron chi connectivity index (χ1n) is 11.0. The van der Waals surface area contributed by atoms with Crippen LogP contribution in [0.3, 0.4) is 0 Å². The molecule has 0 aromatic heterocycles. The Hall–Kier alpha value is -3.41. The van der Waals surface area contributed by atoms with Gasteiger partial charge in [0.05, 0.1) is 16.6 Å². The number of anilines is 1. The molecule has 1 fully saturated rings. The molecular formula is C23H25F3N4O4S. The molecule has 1 aliphatic heterocycles. The number of carbonyl (C=O) groups is 1. The van der Waals surface area contributed by atoms with Crippen LogP contribution in [0.25, 0.3) is 0 Å². The number of hydrogen-bond acceptors (Lipinski definition) is 6. The highest BCUT2D eigenvalue weighted by Gasteiger charge is 2.34. The highest BCUT2D eigenvalue weighted by molar-refractivity contribution is 7.80. The normalized spacial score (nSPS) is 14.9. The van der Waals surface area contributed by atoms with Crippen molar-refractivity contribution >= 4 is 34.6 Å². The van der Waals surface area contributed by atoms with Gasteiger partial charge in [0.1, 0.15) is 11.4 Å². The first-order chi connectivity index (χ1) is 16.5. The standard InChI is InChI=1S/C23H25F3N4O4S/c1-3-15(2)34-18-7-4-16(5-8-18)21(31)27-22(35)29-12-10-28(11-13-29)19-9-6-17(23(24,25)26)14-20(19)30(32)33/h4-9,14-15H,3,10-13H2,1-2H3,(H,27,31,35)/t15-/m0/s1. The molecule has 2 aromatic rings. The van der Waals surface area contributed by atoms with E-state index in [0.29, 0.717) is 30.5 Å². The predicted molar refractivity (Wildman–Crippen MR) is 129 cm³/mol. The zero-order valence-corrected chi connectivity index (χ0v) is 20.0. The van der Waals surface area contributed by atoms with Crippen LogP contribution in [0.5, 0.6) is 5.75 Å². The van der Waals surface area contributed by atoms with E-state index >= 15 is 0 Å². The molecule has 0 unspecified atom stereocenters. The second-order valence-corrected chi connectivity index (χ2v) is 8.44. The maximum absolute atomic E-state index is 13.0.